The van der Waals surface area contributed by atoms with Crippen molar-refractivity contribution in [3.05, 3.63) is 35.4 Å². The second-order valence-corrected chi connectivity index (χ2v) is 5.49. The van der Waals surface area contributed by atoms with Crippen molar-refractivity contribution in [2.45, 2.75) is 44.6 Å². The molecule has 0 aliphatic heterocycles. The number of hydrogen-bond donors (Lipinski definition) is 1. The van der Waals surface area contributed by atoms with Gasteiger partial charge in [-0.25, -0.2) is 0 Å². The van der Waals surface area contributed by atoms with Crippen LogP contribution >= 0.6 is 0 Å². The molecule has 0 bridgehead atoms. The molecule has 2 aliphatic rings. The molecule has 1 heteroatoms. The van der Waals surface area contributed by atoms with Gasteiger partial charge in [0.15, 0.2) is 0 Å². The smallest absolute Gasteiger partial charge is 0.0377 e. The van der Waals surface area contributed by atoms with Gasteiger partial charge in [0.25, 0.3) is 0 Å². The molecule has 86 valence electrons. The Hall–Kier alpha value is -0.820. The Morgan fingerprint density at radius 3 is 2.62 bits per heavy atom. The van der Waals surface area contributed by atoms with Gasteiger partial charge in [-0.05, 0) is 49.3 Å². The molecule has 1 nitrogen and oxygen atoms in total. The van der Waals surface area contributed by atoms with Crippen LogP contribution in [-0.4, -0.2) is 7.05 Å². The maximum Gasteiger partial charge on any atom is 0.0377 e. The van der Waals surface area contributed by atoms with Crippen molar-refractivity contribution in [3.8, 4) is 0 Å². The van der Waals surface area contributed by atoms with Gasteiger partial charge in [-0.15, -0.1) is 0 Å². The van der Waals surface area contributed by atoms with E-state index in [9.17, 15) is 0 Å². The van der Waals surface area contributed by atoms with Gasteiger partial charge in [-0.2, -0.15) is 0 Å². The molecule has 3 rings (SSSR count). The lowest BCUT2D eigenvalue weighted by Crippen LogP contribution is -2.38. The summed E-state index contributed by atoms with van der Waals surface area (Å²) >= 11 is 0. The molecular formula is C15H21N. The molecule has 1 N–H and O–H groups in total. The zero-order chi connectivity index (χ0) is 11.0. The second-order valence-electron chi connectivity index (χ2n) is 5.49. The molecule has 1 atom stereocenters. The number of fused-ring (bicyclic) bond motifs is 1. The Balaban J connectivity index is 2.03. The minimum atomic E-state index is 0.573. The summed E-state index contributed by atoms with van der Waals surface area (Å²) in [6, 6.07) is 9.60. The zero-order valence-corrected chi connectivity index (χ0v) is 10.1. The highest BCUT2D eigenvalue weighted by Gasteiger charge is 2.43. The molecule has 2 aliphatic carbocycles. The fourth-order valence-corrected chi connectivity index (χ4v) is 3.98. The quantitative estimate of drug-likeness (QED) is 0.756. The Morgan fingerprint density at radius 1 is 1.12 bits per heavy atom. The van der Waals surface area contributed by atoms with Gasteiger partial charge in [0.05, 0.1) is 0 Å². The summed E-state index contributed by atoms with van der Waals surface area (Å²) < 4.78 is 0. The Bertz CT molecular complexity index is 377. The summed E-state index contributed by atoms with van der Waals surface area (Å²) in [5.41, 5.74) is 3.71. The molecule has 0 heterocycles. The van der Waals surface area contributed by atoms with Crippen LogP contribution in [0.2, 0.25) is 0 Å². The molecule has 1 fully saturated rings. The van der Waals surface area contributed by atoms with Crippen molar-refractivity contribution >= 4 is 0 Å². The van der Waals surface area contributed by atoms with Gasteiger partial charge < -0.3 is 5.32 Å². The first-order chi connectivity index (χ1) is 7.86. The van der Waals surface area contributed by atoms with Crippen LogP contribution in [0.15, 0.2) is 24.3 Å². The van der Waals surface area contributed by atoms with E-state index in [1.165, 1.54) is 38.5 Å². The third kappa shape index (κ3) is 1.41. The molecule has 0 unspecified atom stereocenters. The minimum Gasteiger partial charge on any atom is -0.313 e. The van der Waals surface area contributed by atoms with E-state index in [2.05, 4.69) is 36.6 Å². The SMILES string of the molecule is CN[C@@H]1c2ccccc2CCC12CCCC2. The minimum absolute atomic E-state index is 0.573. The predicted molar refractivity (Wildman–Crippen MR) is 67.5 cm³/mol. The third-order valence-electron chi connectivity index (χ3n) is 4.76. The lowest BCUT2D eigenvalue weighted by molar-refractivity contribution is 0.172. The van der Waals surface area contributed by atoms with Crippen LogP contribution in [0.25, 0.3) is 0 Å². The molecule has 1 saturated carbocycles. The van der Waals surface area contributed by atoms with Crippen LogP contribution in [-0.2, 0) is 6.42 Å². The maximum atomic E-state index is 3.59. The summed E-state index contributed by atoms with van der Waals surface area (Å²) in [7, 11) is 2.13. The highest BCUT2D eigenvalue weighted by molar-refractivity contribution is 5.34. The van der Waals surface area contributed by atoms with Gasteiger partial charge in [-0.1, -0.05) is 37.1 Å². The van der Waals surface area contributed by atoms with E-state index in [4.69, 9.17) is 0 Å². The molecular weight excluding hydrogens is 194 g/mol. The molecule has 0 radical (unpaired) electrons. The molecule has 0 amide bonds. The van der Waals surface area contributed by atoms with Crippen LogP contribution in [0.4, 0.5) is 0 Å². The van der Waals surface area contributed by atoms with E-state index in [1.54, 1.807) is 11.1 Å². The van der Waals surface area contributed by atoms with E-state index in [-0.39, 0.29) is 0 Å². The van der Waals surface area contributed by atoms with Gasteiger partial charge >= 0.3 is 0 Å². The second kappa shape index (κ2) is 3.89. The molecule has 1 aromatic rings. The van der Waals surface area contributed by atoms with E-state index in [0.717, 1.165) is 0 Å². The van der Waals surface area contributed by atoms with Crippen molar-refractivity contribution in [3.63, 3.8) is 0 Å². The third-order valence-corrected chi connectivity index (χ3v) is 4.76. The van der Waals surface area contributed by atoms with Crippen molar-refractivity contribution < 1.29 is 0 Å². The van der Waals surface area contributed by atoms with E-state index < -0.39 is 0 Å². The monoisotopic (exact) mass is 215 g/mol. The zero-order valence-electron chi connectivity index (χ0n) is 10.1. The molecule has 16 heavy (non-hydrogen) atoms. The van der Waals surface area contributed by atoms with Crippen molar-refractivity contribution in [2.24, 2.45) is 5.41 Å². The first-order valence-electron chi connectivity index (χ1n) is 6.61. The van der Waals surface area contributed by atoms with Crippen LogP contribution in [0, 0.1) is 5.41 Å². The van der Waals surface area contributed by atoms with Crippen molar-refractivity contribution in [2.75, 3.05) is 7.05 Å². The van der Waals surface area contributed by atoms with Crippen molar-refractivity contribution in [1.29, 1.82) is 0 Å². The van der Waals surface area contributed by atoms with Crippen LogP contribution < -0.4 is 5.32 Å². The number of aryl methyl sites for hydroxylation is 1. The standard InChI is InChI=1S/C15H21N/c1-16-14-13-7-3-2-6-12(13)8-11-15(14)9-4-5-10-15/h2-3,6-7,14,16H,4-5,8-11H2,1H3/t14-/m1/s1. The summed E-state index contributed by atoms with van der Waals surface area (Å²) in [5, 5.41) is 3.59. The summed E-state index contributed by atoms with van der Waals surface area (Å²) in [4.78, 5) is 0. The maximum absolute atomic E-state index is 3.59. The first kappa shape index (κ1) is 10.3. The lowest BCUT2D eigenvalue weighted by atomic mass is 9.67. The topological polar surface area (TPSA) is 12.0 Å². The average molecular weight is 215 g/mol. The summed E-state index contributed by atoms with van der Waals surface area (Å²) in [6.45, 7) is 0. The normalized spacial score (nSPS) is 26.9. The predicted octanol–water partition coefficient (Wildman–Crippen LogP) is 3.45. The molecule has 1 aromatic carbocycles. The van der Waals surface area contributed by atoms with Gasteiger partial charge in [0, 0.05) is 6.04 Å². The van der Waals surface area contributed by atoms with E-state index >= 15 is 0 Å². The first-order valence-corrected chi connectivity index (χ1v) is 6.61. The molecule has 0 saturated heterocycles. The highest BCUT2D eigenvalue weighted by Crippen LogP contribution is 2.53. The largest absolute Gasteiger partial charge is 0.313 e. The number of rotatable bonds is 1. The van der Waals surface area contributed by atoms with E-state index in [0.29, 0.717) is 11.5 Å². The van der Waals surface area contributed by atoms with Gasteiger partial charge in [0.1, 0.15) is 0 Å². The van der Waals surface area contributed by atoms with Crippen LogP contribution in [0.5, 0.6) is 0 Å². The fourth-order valence-electron chi connectivity index (χ4n) is 3.98. The average Bonchev–Trinajstić information content (AvgIpc) is 2.78. The molecule has 1 spiro atoms. The van der Waals surface area contributed by atoms with Crippen LogP contribution in [0.3, 0.4) is 0 Å². The number of benzene rings is 1. The molecule has 0 aromatic heterocycles. The summed E-state index contributed by atoms with van der Waals surface area (Å²) in [5.74, 6) is 0. The van der Waals surface area contributed by atoms with E-state index in [1.807, 2.05) is 0 Å². The number of nitrogens with one attached hydrogen (secondary N) is 1. The fraction of sp³-hybridized carbons (Fsp3) is 0.600. The highest BCUT2D eigenvalue weighted by atomic mass is 14.9. The lowest BCUT2D eigenvalue weighted by Gasteiger charge is -2.42. The Labute approximate surface area is 98.3 Å². The van der Waals surface area contributed by atoms with Gasteiger partial charge in [0.2, 0.25) is 0 Å². The van der Waals surface area contributed by atoms with Crippen molar-refractivity contribution in [1.82, 2.24) is 5.32 Å². The van der Waals surface area contributed by atoms with Crippen LogP contribution in [0.1, 0.15) is 49.3 Å². The summed E-state index contributed by atoms with van der Waals surface area (Å²) in [6.07, 6.45) is 8.38. The Morgan fingerprint density at radius 2 is 1.88 bits per heavy atom. The Kier molecular flexibility index (Phi) is 2.51. The van der Waals surface area contributed by atoms with Gasteiger partial charge in [-0.3, -0.25) is 0 Å². The number of hydrogen-bond acceptors (Lipinski definition) is 1.